The number of nitrogens with two attached hydrogens (primary N) is 1. The summed E-state index contributed by atoms with van der Waals surface area (Å²) in [6, 6.07) is 2.44. The Morgan fingerprint density at radius 1 is 1.27 bits per heavy atom. The van der Waals surface area contributed by atoms with Crippen molar-refractivity contribution in [3.05, 3.63) is 45.0 Å². The molecule has 6 nitrogen and oxygen atoms in total. The van der Waals surface area contributed by atoms with Crippen molar-refractivity contribution in [2.75, 3.05) is 12.3 Å². The maximum absolute atomic E-state index is 16.5. The van der Waals surface area contributed by atoms with Crippen molar-refractivity contribution in [3.8, 4) is 17.3 Å². The zero-order valence-corrected chi connectivity index (χ0v) is 22.4. The molecule has 2 atom stereocenters. The van der Waals surface area contributed by atoms with Gasteiger partial charge in [0.25, 0.3) is 0 Å². The van der Waals surface area contributed by atoms with Crippen LogP contribution >= 0.6 is 11.3 Å². The molecule has 1 aromatic carbocycles. The summed E-state index contributed by atoms with van der Waals surface area (Å²) in [5.41, 5.74) is 8.79. The van der Waals surface area contributed by atoms with Gasteiger partial charge >= 0.3 is 0 Å². The van der Waals surface area contributed by atoms with E-state index in [4.69, 9.17) is 15.5 Å². The molecule has 0 bridgehead atoms. The molecule has 4 heterocycles. The van der Waals surface area contributed by atoms with Crippen molar-refractivity contribution < 1.29 is 13.5 Å². The number of benzene rings is 1. The van der Waals surface area contributed by atoms with Crippen LogP contribution in [0.5, 0.6) is 0 Å². The van der Waals surface area contributed by atoms with E-state index in [2.05, 4.69) is 23.7 Å². The number of anilines is 1. The standard InChI is InChI=1S/C28H29F2N5OS/c1-13(2)22-18(9-33-16(5)35-7-6-14(3)15(35)4)19-11-36-12-20(19)23(25(22)30)26-24-17(8-31)28(32)37-27(24)21(29)10-34-26/h9-10,14-15H,6-7,11-12,32H2,1-5H3/b18-9-,33-16?. The number of nitrogen functional groups attached to an aromatic ring is 1. The molecule has 5 rings (SSSR count). The molecule has 2 aliphatic rings. The van der Waals surface area contributed by atoms with Crippen molar-refractivity contribution in [2.24, 2.45) is 10.9 Å². The third kappa shape index (κ3) is 3.99. The zero-order valence-electron chi connectivity index (χ0n) is 21.6. The Kier molecular flexibility index (Phi) is 6.50. The quantitative estimate of drug-likeness (QED) is 0.387. The first-order valence-electron chi connectivity index (χ1n) is 12.3. The summed E-state index contributed by atoms with van der Waals surface area (Å²) in [5.74, 6) is 0.401. The fourth-order valence-corrected chi connectivity index (χ4v) is 6.39. The summed E-state index contributed by atoms with van der Waals surface area (Å²) in [5, 5.41) is 11.3. The summed E-state index contributed by atoms with van der Waals surface area (Å²) in [6.07, 6.45) is 3.92. The van der Waals surface area contributed by atoms with Crippen LogP contribution in [0, 0.1) is 28.9 Å². The smallest absolute Gasteiger partial charge is 0.159 e. The van der Waals surface area contributed by atoms with E-state index in [9.17, 15) is 9.65 Å². The molecule has 2 unspecified atom stereocenters. The third-order valence-corrected chi connectivity index (χ3v) is 8.70. The van der Waals surface area contributed by atoms with Crippen LogP contribution in [0.2, 0.25) is 0 Å². The van der Waals surface area contributed by atoms with Gasteiger partial charge in [-0.05, 0) is 51.2 Å². The molecular formula is C28H29F2N5OS. The number of fused-ring (bicyclic) bond motifs is 2. The molecule has 0 spiro atoms. The predicted octanol–water partition coefficient (Wildman–Crippen LogP) is 4.80. The summed E-state index contributed by atoms with van der Waals surface area (Å²) >= 11 is 0.968. The van der Waals surface area contributed by atoms with Crippen LogP contribution in [0.15, 0.2) is 11.2 Å². The molecule has 0 amide bonds. The average molecular weight is 522 g/mol. The van der Waals surface area contributed by atoms with Gasteiger partial charge in [-0.3, -0.25) is 4.98 Å². The average Bonchev–Trinajstić information content (AvgIpc) is 3.56. The first-order chi connectivity index (χ1) is 17.6. The van der Waals surface area contributed by atoms with Gasteiger partial charge < -0.3 is 15.4 Å². The first kappa shape index (κ1) is 25.3. The molecule has 2 aliphatic heterocycles. The van der Waals surface area contributed by atoms with Gasteiger partial charge in [0.15, 0.2) is 5.82 Å². The Hall–Kier alpha value is -3.35. The van der Waals surface area contributed by atoms with Gasteiger partial charge in [0.1, 0.15) is 22.7 Å². The molecule has 1 saturated heterocycles. The van der Waals surface area contributed by atoms with Gasteiger partial charge in [0.05, 0.1) is 35.4 Å². The topological polar surface area (TPSA) is 87.5 Å². The Bertz CT molecular complexity index is 1630. The number of nitrogens with zero attached hydrogens (tertiary/aromatic N) is 4. The lowest BCUT2D eigenvalue weighted by molar-refractivity contribution is 0.134. The van der Waals surface area contributed by atoms with Gasteiger partial charge in [-0.1, -0.05) is 12.5 Å². The maximum Gasteiger partial charge on any atom is 0.159 e. The molecule has 0 aliphatic carbocycles. The second-order valence-electron chi connectivity index (χ2n) is 10.0. The van der Waals surface area contributed by atoms with Crippen LogP contribution in [0.25, 0.3) is 33.1 Å². The number of likely N-dealkylation sites (tertiary alicyclic amines) is 1. The molecule has 0 saturated carbocycles. The number of pyridine rings is 1. The summed E-state index contributed by atoms with van der Waals surface area (Å²) in [4.78, 5) is 11.3. The van der Waals surface area contributed by atoms with E-state index in [0.29, 0.717) is 34.6 Å². The number of hydrogen-bond donors (Lipinski definition) is 1. The number of thiophene rings is 1. The number of aliphatic imine (C=N–C) groups is 1. The minimum atomic E-state index is -0.594. The van der Waals surface area contributed by atoms with E-state index in [0.717, 1.165) is 47.5 Å². The van der Waals surface area contributed by atoms with Crippen molar-refractivity contribution >= 4 is 44.0 Å². The van der Waals surface area contributed by atoms with E-state index >= 15 is 4.39 Å². The lowest BCUT2D eigenvalue weighted by Crippen LogP contribution is -2.36. The number of ether oxygens (including phenoxy) is 1. The minimum absolute atomic E-state index is 0.109. The fourth-order valence-electron chi connectivity index (χ4n) is 5.47. The monoisotopic (exact) mass is 521 g/mol. The van der Waals surface area contributed by atoms with Crippen LogP contribution in [0.1, 0.15) is 57.7 Å². The number of hydrogen-bond acceptors (Lipinski definition) is 6. The second-order valence-corrected chi connectivity index (χ2v) is 11.1. The van der Waals surface area contributed by atoms with Gasteiger partial charge in [-0.15, -0.1) is 11.3 Å². The van der Waals surface area contributed by atoms with Gasteiger partial charge in [-0.25, -0.2) is 13.8 Å². The molecular weight excluding hydrogens is 492 g/mol. The van der Waals surface area contributed by atoms with Crippen molar-refractivity contribution in [3.63, 3.8) is 0 Å². The van der Waals surface area contributed by atoms with Crippen LogP contribution in [0.3, 0.4) is 0 Å². The highest BCUT2D eigenvalue weighted by Crippen LogP contribution is 2.42. The normalized spacial score (nSPS) is 20.1. The molecule has 9 heteroatoms. The number of halogens is 2. The fraction of sp³-hybridized carbons (Fsp3) is 0.393. The van der Waals surface area contributed by atoms with E-state index in [1.807, 2.05) is 26.8 Å². The highest BCUT2D eigenvalue weighted by atomic mass is 32.1. The van der Waals surface area contributed by atoms with Gasteiger partial charge in [0.2, 0.25) is 0 Å². The minimum Gasteiger partial charge on any atom is -0.389 e. The summed E-state index contributed by atoms with van der Waals surface area (Å²) in [6.45, 7) is 11.5. The first-order valence-corrected chi connectivity index (χ1v) is 13.1. The third-order valence-electron chi connectivity index (χ3n) is 7.67. The van der Waals surface area contributed by atoms with Crippen LogP contribution in [-0.4, -0.2) is 28.3 Å². The molecule has 2 aromatic heterocycles. The zero-order chi connectivity index (χ0) is 26.6. The summed E-state index contributed by atoms with van der Waals surface area (Å²) in [7, 11) is 0. The van der Waals surface area contributed by atoms with E-state index in [1.54, 1.807) is 6.20 Å². The number of rotatable bonds is 2. The lowest BCUT2D eigenvalue weighted by atomic mass is 9.93. The largest absolute Gasteiger partial charge is 0.389 e. The molecule has 2 N–H and O–H groups in total. The number of aromatic nitrogens is 1. The summed E-state index contributed by atoms with van der Waals surface area (Å²) < 4.78 is 37.2. The Morgan fingerprint density at radius 3 is 2.65 bits per heavy atom. The highest BCUT2D eigenvalue weighted by Gasteiger charge is 2.29. The van der Waals surface area contributed by atoms with E-state index in [-0.39, 0.29) is 38.5 Å². The Morgan fingerprint density at radius 2 is 2.00 bits per heavy atom. The Labute approximate surface area is 218 Å². The van der Waals surface area contributed by atoms with E-state index in [1.165, 1.54) is 0 Å². The molecule has 1 fully saturated rings. The van der Waals surface area contributed by atoms with Crippen molar-refractivity contribution in [1.82, 2.24) is 9.88 Å². The lowest BCUT2D eigenvalue weighted by Gasteiger charge is -2.24. The Balaban J connectivity index is 1.81. The number of nitriles is 1. The number of amidine groups is 1. The van der Waals surface area contributed by atoms with Crippen molar-refractivity contribution in [1.29, 1.82) is 5.26 Å². The highest BCUT2D eigenvalue weighted by molar-refractivity contribution is 7.23. The molecule has 37 heavy (non-hydrogen) atoms. The molecule has 192 valence electrons. The van der Waals surface area contributed by atoms with Gasteiger partial charge in [0, 0.05) is 40.2 Å². The second kappa shape index (κ2) is 9.51. The van der Waals surface area contributed by atoms with Crippen LogP contribution in [-0.2, 0) is 18.0 Å². The van der Waals surface area contributed by atoms with Crippen LogP contribution < -0.4 is 16.2 Å². The van der Waals surface area contributed by atoms with Gasteiger partial charge in [-0.2, -0.15) is 5.26 Å². The van der Waals surface area contributed by atoms with Crippen molar-refractivity contribution in [2.45, 2.75) is 60.3 Å². The predicted molar refractivity (Wildman–Crippen MR) is 144 cm³/mol. The van der Waals surface area contributed by atoms with E-state index < -0.39 is 11.6 Å². The maximum atomic E-state index is 16.5. The molecule has 0 radical (unpaired) electrons. The SMILES string of the molecule is CC(=N/C=c1/c2c(c(-c3ncc(F)c4sc(N)c(C#N)c34)c(F)c1=C(C)C)COC2)N1CCC(C)C1C. The van der Waals surface area contributed by atoms with Crippen LogP contribution in [0.4, 0.5) is 13.8 Å². The molecule has 3 aromatic rings.